The molecule has 2 aliphatic carbocycles. The molecular formula is C24H36N4O4. The topological polar surface area (TPSA) is 96.7 Å². The van der Waals surface area contributed by atoms with Crippen LogP contribution in [-0.4, -0.2) is 55.9 Å². The molecule has 2 heterocycles. The van der Waals surface area contributed by atoms with E-state index < -0.39 is 11.6 Å². The third-order valence-corrected chi connectivity index (χ3v) is 6.67. The van der Waals surface area contributed by atoms with Crippen molar-refractivity contribution in [1.82, 2.24) is 14.7 Å². The lowest BCUT2D eigenvalue weighted by atomic mass is 9.96. The summed E-state index contributed by atoms with van der Waals surface area (Å²) in [6.07, 6.45) is 13.1. The molecule has 1 aromatic heterocycles. The average molecular weight is 445 g/mol. The first-order valence-electron chi connectivity index (χ1n) is 12.0. The van der Waals surface area contributed by atoms with Gasteiger partial charge in [-0.05, 0) is 51.9 Å². The summed E-state index contributed by atoms with van der Waals surface area (Å²) >= 11 is 0. The van der Waals surface area contributed by atoms with Crippen molar-refractivity contribution in [2.75, 3.05) is 11.9 Å². The Kier molecular flexibility index (Phi) is 6.88. The van der Waals surface area contributed by atoms with E-state index in [0.29, 0.717) is 37.0 Å². The molecule has 0 spiro atoms. The first-order valence-corrected chi connectivity index (χ1v) is 12.0. The van der Waals surface area contributed by atoms with Crippen LogP contribution in [0.3, 0.4) is 0 Å². The van der Waals surface area contributed by atoms with Crippen molar-refractivity contribution >= 4 is 17.6 Å². The summed E-state index contributed by atoms with van der Waals surface area (Å²) in [5.41, 5.74) is -0.901. The van der Waals surface area contributed by atoms with Crippen molar-refractivity contribution in [3.05, 3.63) is 24.1 Å². The molecule has 4 rings (SSSR count). The molecule has 32 heavy (non-hydrogen) atoms. The summed E-state index contributed by atoms with van der Waals surface area (Å²) in [4.78, 5) is 27.8. The summed E-state index contributed by atoms with van der Waals surface area (Å²) in [6, 6.07) is 1.17. The number of aliphatic hydroxyl groups is 1. The van der Waals surface area contributed by atoms with Crippen LogP contribution < -0.4 is 5.32 Å². The van der Waals surface area contributed by atoms with Gasteiger partial charge < -0.3 is 20.1 Å². The number of aromatic nitrogens is 2. The summed E-state index contributed by atoms with van der Waals surface area (Å²) in [5.74, 6) is 1.20. The van der Waals surface area contributed by atoms with E-state index in [1.807, 2.05) is 0 Å². The maximum atomic E-state index is 13.3. The van der Waals surface area contributed by atoms with Gasteiger partial charge in [0.05, 0.1) is 24.8 Å². The smallest absolute Gasteiger partial charge is 0.251 e. The number of rotatable bonds is 9. The van der Waals surface area contributed by atoms with E-state index in [-0.39, 0.29) is 17.9 Å². The Morgan fingerprint density at radius 2 is 1.94 bits per heavy atom. The molecule has 0 aromatic carbocycles. The molecule has 1 aromatic rings. The van der Waals surface area contributed by atoms with Crippen LogP contribution in [0.2, 0.25) is 0 Å². The fourth-order valence-electron chi connectivity index (χ4n) is 5.13. The molecular weight excluding hydrogens is 408 g/mol. The molecule has 8 heteroatoms. The van der Waals surface area contributed by atoms with Crippen LogP contribution in [0.15, 0.2) is 24.1 Å². The van der Waals surface area contributed by atoms with E-state index in [4.69, 9.17) is 4.74 Å². The number of carbonyl (C=O) groups excluding carboxylic acids is 2. The van der Waals surface area contributed by atoms with Crippen LogP contribution in [-0.2, 0) is 20.9 Å². The Morgan fingerprint density at radius 1 is 1.25 bits per heavy atom. The van der Waals surface area contributed by atoms with Gasteiger partial charge in [0, 0.05) is 18.3 Å². The van der Waals surface area contributed by atoms with Crippen molar-refractivity contribution in [2.24, 2.45) is 5.92 Å². The number of nitrogens with zero attached hydrogens (tertiary/aromatic N) is 3. The molecule has 2 fully saturated rings. The van der Waals surface area contributed by atoms with E-state index in [1.54, 1.807) is 41.8 Å². The van der Waals surface area contributed by atoms with E-state index >= 15 is 0 Å². The van der Waals surface area contributed by atoms with Gasteiger partial charge in [0.2, 0.25) is 5.91 Å². The van der Waals surface area contributed by atoms with Gasteiger partial charge in [0.25, 0.3) is 5.91 Å². The van der Waals surface area contributed by atoms with Crippen LogP contribution in [0.1, 0.15) is 71.6 Å². The van der Waals surface area contributed by atoms with Crippen molar-refractivity contribution in [3.63, 3.8) is 0 Å². The third kappa shape index (κ3) is 5.91. The number of nitrogens with one attached hydrogen (secondary N) is 1. The molecule has 2 N–H and O–H groups in total. The van der Waals surface area contributed by atoms with Crippen LogP contribution in [0.25, 0.3) is 0 Å². The van der Waals surface area contributed by atoms with Crippen molar-refractivity contribution < 1.29 is 19.4 Å². The molecule has 1 atom stereocenters. The summed E-state index contributed by atoms with van der Waals surface area (Å²) in [6.45, 7) is 4.10. The van der Waals surface area contributed by atoms with Crippen molar-refractivity contribution in [1.29, 1.82) is 0 Å². The lowest BCUT2D eigenvalue weighted by Gasteiger charge is -2.29. The zero-order valence-corrected chi connectivity index (χ0v) is 19.3. The van der Waals surface area contributed by atoms with E-state index in [1.165, 1.54) is 25.7 Å². The zero-order chi connectivity index (χ0) is 22.7. The normalized spacial score (nSPS) is 21.3. The summed E-state index contributed by atoms with van der Waals surface area (Å²) in [7, 11) is 0. The standard InChI is InChI=1S/C24H36N4O4/c1-24(2,31)16-27-12-11-21(26-27)25-23(30)20(13-17-7-3-4-8-17)28-15-19(14-22(28)29)32-18-9-5-6-10-18/h11-12,14,17-18,20,31H,3-10,13,15-16H2,1-2H3,(H,25,26,30)/t20-/m0/s1. The van der Waals surface area contributed by atoms with Crippen LogP contribution in [0, 0.1) is 5.92 Å². The van der Waals surface area contributed by atoms with E-state index in [0.717, 1.165) is 25.7 Å². The number of ether oxygens (including phenoxy) is 1. The second kappa shape index (κ2) is 9.65. The van der Waals surface area contributed by atoms with Gasteiger partial charge in [-0.1, -0.05) is 25.7 Å². The van der Waals surface area contributed by atoms with Gasteiger partial charge in [-0.2, -0.15) is 5.10 Å². The molecule has 0 bridgehead atoms. The Hall–Kier alpha value is -2.35. The van der Waals surface area contributed by atoms with Crippen molar-refractivity contribution in [2.45, 2.75) is 95.9 Å². The summed E-state index contributed by atoms with van der Waals surface area (Å²) < 4.78 is 7.68. The van der Waals surface area contributed by atoms with E-state index in [2.05, 4.69) is 10.4 Å². The minimum atomic E-state index is -0.901. The highest BCUT2D eigenvalue weighted by Crippen LogP contribution is 2.32. The first-order chi connectivity index (χ1) is 15.3. The Bertz CT molecular complexity index is 844. The highest BCUT2D eigenvalue weighted by molar-refractivity contribution is 5.99. The second-order valence-corrected chi connectivity index (χ2v) is 10.2. The average Bonchev–Trinajstić information content (AvgIpc) is 3.49. The van der Waals surface area contributed by atoms with Crippen molar-refractivity contribution in [3.8, 4) is 0 Å². The predicted octanol–water partition coefficient (Wildman–Crippen LogP) is 3.23. The summed E-state index contributed by atoms with van der Waals surface area (Å²) in [5, 5.41) is 17.3. The van der Waals surface area contributed by atoms with Crippen LogP contribution in [0.4, 0.5) is 5.82 Å². The second-order valence-electron chi connectivity index (χ2n) is 10.2. The van der Waals surface area contributed by atoms with Gasteiger partial charge in [0.1, 0.15) is 11.8 Å². The fraction of sp³-hybridized carbons (Fsp3) is 0.708. The minimum Gasteiger partial charge on any atom is -0.493 e. The van der Waals surface area contributed by atoms with Gasteiger partial charge in [0.15, 0.2) is 5.82 Å². The molecule has 8 nitrogen and oxygen atoms in total. The molecule has 3 aliphatic rings. The first kappa shape index (κ1) is 22.8. The maximum absolute atomic E-state index is 13.3. The van der Waals surface area contributed by atoms with E-state index in [9.17, 15) is 14.7 Å². The predicted molar refractivity (Wildman–Crippen MR) is 121 cm³/mol. The molecule has 1 aliphatic heterocycles. The lowest BCUT2D eigenvalue weighted by Crippen LogP contribution is -2.46. The molecule has 2 amide bonds. The van der Waals surface area contributed by atoms with Crippen LogP contribution in [0.5, 0.6) is 0 Å². The number of hydrogen-bond donors (Lipinski definition) is 2. The molecule has 0 radical (unpaired) electrons. The highest BCUT2D eigenvalue weighted by atomic mass is 16.5. The Labute approximate surface area is 190 Å². The highest BCUT2D eigenvalue weighted by Gasteiger charge is 2.37. The lowest BCUT2D eigenvalue weighted by molar-refractivity contribution is -0.134. The zero-order valence-electron chi connectivity index (χ0n) is 19.3. The molecule has 0 saturated heterocycles. The fourth-order valence-corrected chi connectivity index (χ4v) is 5.13. The third-order valence-electron chi connectivity index (χ3n) is 6.67. The molecule has 2 saturated carbocycles. The number of carbonyl (C=O) groups is 2. The van der Waals surface area contributed by atoms with Crippen LogP contribution >= 0.6 is 0 Å². The van der Waals surface area contributed by atoms with Gasteiger partial charge in [-0.3, -0.25) is 14.3 Å². The number of amides is 2. The quantitative estimate of drug-likeness (QED) is 0.610. The minimum absolute atomic E-state index is 0.149. The molecule has 0 unspecified atom stereocenters. The Morgan fingerprint density at radius 3 is 2.62 bits per heavy atom. The van der Waals surface area contributed by atoms with Gasteiger partial charge in [-0.15, -0.1) is 0 Å². The SMILES string of the molecule is CC(C)(O)Cn1ccc(NC(=O)[C@H](CC2CCCC2)N2CC(OC3CCCC3)=CC2=O)n1. The van der Waals surface area contributed by atoms with Gasteiger partial charge >= 0.3 is 0 Å². The number of hydrogen-bond acceptors (Lipinski definition) is 5. The van der Waals surface area contributed by atoms with Gasteiger partial charge in [-0.25, -0.2) is 0 Å². The number of anilines is 1. The Balaban J connectivity index is 1.43. The maximum Gasteiger partial charge on any atom is 0.251 e. The molecule has 176 valence electrons. The monoisotopic (exact) mass is 444 g/mol. The largest absolute Gasteiger partial charge is 0.493 e.